The maximum Gasteiger partial charge on any atom is 0.309 e. The summed E-state index contributed by atoms with van der Waals surface area (Å²) in [7, 11) is 0. The van der Waals surface area contributed by atoms with Crippen LogP contribution in [0.5, 0.6) is 0 Å². The minimum Gasteiger partial charge on any atom is -0.481 e. The van der Waals surface area contributed by atoms with Crippen LogP contribution in [0.25, 0.3) is 10.8 Å². The first-order valence-corrected chi connectivity index (χ1v) is 11.3. The van der Waals surface area contributed by atoms with Gasteiger partial charge < -0.3 is 10.0 Å². The van der Waals surface area contributed by atoms with E-state index < -0.39 is 17.3 Å². The van der Waals surface area contributed by atoms with E-state index in [1.165, 1.54) is 33.6 Å². The van der Waals surface area contributed by atoms with Gasteiger partial charge in [0, 0.05) is 50.3 Å². The van der Waals surface area contributed by atoms with Crippen molar-refractivity contribution < 1.29 is 14.3 Å². The molecular weight excluding hydrogens is 423 g/mol. The summed E-state index contributed by atoms with van der Waals surface area (Å²) in [5, 5.41) is 13.6. The van der Waals surface area contributed by atoms with Crippen LogP contribution in [0.15, 0.2) is 41.2 Å². The predicted octanol–water partition coefficient (Wildman–Crippen LogP) is 2.99. The van der Waals surface area contributed by atoms with Crippen LogP contribution in [0.3, 0.4) is 0 Å². The molecule has 8 heteroatoms. The molecule has 0 saturated carbocycles. The molecule has 1 aliphatic heterocycles. The minimum absolute atomic E-state index is 0.0918. The van der Waals surface area contributed by atoms with E-state index >= 15 is 0 Å². The summed E-state index contributed by atoms with van der Waals surface area (Å²) in [6, 6.07) is 10.6. The van der Waals surface area contributed by atoms with Gasteiger partial charge in [0.25, 0.3) is 5.56 Å². The number of carboxylic acid groups (broad SMARTS) is 1. The summed E-state index contributed by atoms with van der Waals surface area (Å²) in [6.45, 7) is 9.11. The predicted molar refractivity (Wildman–Crippen MR) is 126 cm³/mol. The number of aromatic nitrogens is 2. The number of hydrogen-bond acceptors (Lipinski definition) is 5. The Morgan fingerprint density at radius 2 is 1.79 bits per heavy atom. The first-order valence-electron chi connectivity index (χ1n) is 11.3. The van der Waals surface area contributed by atoms with Gasteiger partial charge in [0.1, 0.15) is 5.82 Å². The van der Waals surface area contributed by atoms with Crippen LogP contribution < -0.4 is 10.5 Å². The number of aryl methyl sites for hydroxylation is 2. The monoisotopic (exact) mass is 452 g/mol. The molecule has 3 aromatic rings. The zero-order chi connectivity index (χ0) is 23.5. The smallest absolute Gasteiger partial charge is 0.309 e. The first-order chi connectivity index (χ1) is 15.8. The van der Waals surface area contributed by atoms with Gasteiger partial charge in [-0.05, 0) is 43.5 Å². The van der Waals surface area contributed by atoms with Gasteiger partial charge in [0.05, 0.1) is 17.5 Å². The van der Waals surface area contributed by atoms with Gasteiger partial charge in [-0.25, -0.2) is 9.07 Å². The lowest BCUT2D eigenvalue weighted by atomic mass is 10.1. The molecule has 2 aromatic carbocycles. The van der Waals surface area contributed by atoms with Crippen LogP contribution in [0.1, 0.15) is 23.2 Å². The van der Waals surface area contributed by atoms with Gasteiger partial charge in [-0.1, -0.05) is 24.3 Å². The molecule has 0 bridgehead atoms. The number of aliphatic carboxylic acids is 1. The Bertz CT molecular complexity index is 1230. The Balaban J connectivity index is 1.41. The normalized spacial score (nSPS) is 14.7. The second-order valence-electron chi connectivity index (χ2n) is 8.61. The summed E-state index contributed by atoms with van der Waals surface area (Å²) < 4.78 is 15.6. The Kier molecular flexibility index (Phi) is 6.74. The van der Waals surface area contributed by atoms with E-state index in [0.29, 0.717) is 13.0 Å². The van der Waals surface area contributed by atoms with Crippen molar-refractivity contribution in [3.8, 4) is 0 Å². The summed E-state index contributed by atoms with van der Waals surface area (Å²) in [4.78, 5) is 28.8. The highest BCUT2D eigenvalue weighted by Gasteiger charge is 2.19. The van der Waals surface area contributed by atoms with Crippen molar-refractivity contribution in [2.24, 2.45) is 0 Å². The largest absolute Gasteiger partial charge is 0.481 e. The van der Waals surface area contributed by atoms with Gasteiger partial charge >= 0.3 is 5.97 Å². The molecule has 0 atom stereocenters. The number of anilines is 1. The number of rotatable bonds is 7. The number of halogens is 1. The highest BCUT2D eigenvalue weighted by atomic mass is 19.1. The lowest BCUT2D eigenvalue weighted by Gasteiger charge is -2.37. The second kappa shape index (κ2) is 9.70. The molecule has 1 N–H and O–H groups in total. The molecule has 7 nitrogen and oxygen atoms in total. The van der Waals surface area contributed by atoms with E-state index in [9.17, 15) is 19.1 Å². The van der Waals surface area contributed by atoms with Crippen LogP contribution in [0.2, 0.25) is 0 Å². The number of nitrogens with zero attached hydrogens (tertiary/aromatic N) is 4. The van der Waals surface area contributed by atoms with Crippen molar-refractivity contribution in [2.75, 3.05) is 37.6 Å². The van der Waals surface area contributed by atoms with Gasteiger partial charge in [-0.2, -0.15) is 5.10 Å². The van der Waals surface area contributed by atoms with E-state index in [1.807, 2.05) is 0 Å². The fourth-order valence-corrected chi connectivity index (χ4v) is 4.52. The average Bonchev–Trinajstić information content (AvgIpc) is 2.79. The summed E-state index contributed by atoms with van der Waals surface area (Å²) in [5.41, 5.74) is 3.59. The molecule has 4 rings (SSSR count). The Hall–Kier alpha value is -3.26. The number of carboxylic acids is 1. The van der Waals surface area contributed by atoms with Crippen molar-refractivity contribution in [1.82, 2.24) is 14.7 Å². The molecule has 0 radical (unpaired) electrons. The van der Waals surface area contributed by atoms with Crippen molar-refractivity contribution in [3.05, 3.63) is 69.4 Å². The molecule has 0 spiro atoms. The van der Waals surface area contributed by atoms with Gasteiger partial charge in [0.15, 0.2) is 0 Å². The van der Waals surface area contributed by atoms with Crippen LogP contribution in [-0.2, 0) is 17.8 Å². The van der Waals surface area contributed by atoms with Gasteiger partial charge in [-0.3, -0.25) is 14.5 Å². The van der Waals surface area contributed by atoms with E-state index in [1.54, 1.807) is 6.07 Å². The molecule has 1 fully saturated rings. The van der Waals surface area contributed by atoms with Crippen LogP contribution >= 0.6 is 0 Å². The Morgan fingerprint density at radius 1 is 1.06 bits per heavy atom. The molecule has 1 aliphatic rings. The molecule has 33 heavy (non-hydrogen) atoms. The summed E-state index contributed by atoms with van der Waals surface area (Å²) >= 11 is 0. The minimum atomic E-state index is -1.07. The summed E-state index contributed by atoms with van der Waals surface area (Å²) in [5.74, 6) is -1.72. The number of benzene rings is 2. The molecule has 1 aromatic heterocycles. The number of piperazine rings is 1. The molecule has 0 aliphatic carbocycles. The van der Waals surface area contributed by atoms with Gasteiger partial charge in [-0.15, -0.1) is 0 Å². The summed E-state index contributed by atoms with van der Waals surface area (Å²) in [6.07, 6.45) is 0.309. The van der Waals surface area contributed by atoms with E-state index in [2.05, 4.69) is 46.9 Å². The lowest BCUT2D eigenvalue weighted by molar-refractivity contribution is -0.136. The highest BCUT2D eigenvalue weighted by Crippen LogP contribution is 2.24. The highest BCUT2D eigenvalue weighted by molar-refractivity contribution is 5.87. The topological polar surface area (TPSA) is 78.7 Å². The fraction of sp³-hybridized carbons (Fsp3) is 0.400. The lowest BCUT2D eigenvalue weighted by Crippen LogP contribution is -2.47. The maximum atomic E-state index is 14.4. The van der Waals surface area contributed by atoms with E-state index in [0.717, 1.165) is 32.7 Å². The van der Waals surface area contributed by atoms with Crippen LogP contribution in [0.4, 0.5) is 10.1 Å². The first kappa shape index (κ1) is 22.9. The SMILES string of the molecule is Cc1cccc(N2CCN(CCCn3nc(CC(=O)O)c4cccc(F)c4c3=O)CC2)c1C. The van der Waals surface area contributed by atoms with Crippen molar-refractivity contribution >= 4 is 22.4 Å². The Morgan fingerprint density at radius 3 is 2.52 bits per heavy atom. The molecule has 174 valence electrons. The van der Waals surface area contributed by atoms with Crippen LogP contribution in [-0.4, -0.2) is 58.5 Å². The number of hydrogen-bond donors (Lipinski definition) is 1. The van der Waals surface area contributed by atoms with Crippen molar-refractivity contribution in [2.45, 2.75) is 33.2 Å². The maximum absolute atomic E-state index is 14.4. The Labute approximate surface area is 192 Å². The third-order valence-corrected chi connectivity index (χ3v) is 6.47. The zero-order valence-corrected chi connectivity index (χ0v) is 19.1. The van der Waals surface area contributed by atoms with E-state index in [-0.39, 0.29) is 22.9 Å². The zero-order valence-electron chi connectivity index (χ0n) is 19.1. The van der Waals surface area contributed by atoms with E-state index in [4.69, 9.17) is 0 Å². The standard InChI is InChI=1S/C25H29FN4O3/c1-17-6-3-9-22(18(17)2)29-14-12-28(13-15-29)10-5-11-30-25(33)24-19(7-4-8-20(24)26)21(27-30)16-23(31)32/h3-4,6-9H,5,10-16H2,1-2H3,(H,31,32). The molecule has 2 heterocycles. The second-order valence-corrected chi connectivity index (χ2v) is 8.61. The van der Waals surface area contributed by atoms with Gasteiger partial charge in [0.2, 0.25) is 0 Å². The quantitative estimate of drug-likeness (QED) is 0.594. The molecule has 0 amide bonds. The number of fused-ring (bicyclic) bond motifs is 1. The third-order valence-electron chi connectivity index (χ3n) is 6.47. The molecule has 1 saturated heterocycles. The fourth-order valence-electron chi connectivity index (χ4n) is 4.52. The molecule has 0 unspecified atom stereocenters. The van der Waals surface area contributed by atoms with Crippen molar-refractivity contribution in [1.29, 1.82) is 0 Å². The third kappa shape index (κ3) is 4.90. The molecular formula is C25H29FN4O3. The van der Waals surface area contributed by atoms with Crippen molar-refractivity contribution in [3.63, 3.8) is 0 Å². The van der Waals surface area contributed by atoms with Crippen LogP contribution in [0, 0.1) is 19.7 Å². The number of carbonyl (C=O) groups is 1. The average molecular weight is 453 g/mol.